The summed E-state index contributed by atoms with van der Waals surface area (Å²) in [5, 5.41) is 10.4. The van der Waals surface area contributed by atoms with Crippen LogP contribution in [0.3, 0.4) is 0 Å². The molecule has 10 heteroatoms. The number of hydrogen-bond acceptors (Lipinski definition) is 8. The summed E-state index contributed by atoms with van der Waals surface area (Å²) in [6, 6.07) is 1.17. The number of hydrogen-bond donors (Lipinski definition) is 1. The van der Waals surface area contributed by atoms with Crippen molar-refractivity contribution in [2.24, 2.45) is 0 Å². The van der Waals surface area contributed by atoms with Gasteiger partial charge in [0.05, 0.1) is 5.56 Å². The van der Waals surface area contributed by atoms with E-state index in [2.05, 4.69) is 15.5 Å². The topological polar surface area (TPSA) is 128 Å². The van der Waals surface area contributed by atoms with Gasteiger partial charge in [-0.15, -0.1) is 10.2 Å². The fraction of sp³-hybridized carbons (Fsp3) is 0.500. The first-order valence-electron chi connectivity index (χ1n) is 8.99. The van der Waals surface area contributed by atoms with Crippen LogP contribution in [0.2, 0.25) is 0 Å². The van der Waals surface area contributed by atoms with E-state index in [4.69, 9.17) is 13.6 Å². The van der Waals surface area contributed by atoms with Crippen molar-refractivity contribution in [3.63, 3.8) is 0 Å². The molecule has 1 saturated heterocycles. The number of nitrogens with zero attached hydrogens (tertiary/aromatic N) is 3. The van der Waals surface area contributed by atoms with E-state index >= 15 is 0 Å². The molecule has 1 fully saturated rings. The second-order valence-corrected chi connectivity index (χ2v) is 6.60. The maximum atomic E-state index is 12.5. The van der Waals surface area contributed by atoms with Crippen LogP contribution in [0.1, 0.15) is 44.1 Å². The van der Waals surface area contributed by atoms with Gasteiger partial charge < -0.3 is 18.9 Å². The number of ether oxygens (including phenoxy) is 1. The first-order valence-corrected chi connectivity index (χ1v) is 8.99. The van der Waals surface area contributed by atoms with E-state index in [9.17, 15) is 14.4 Å². The summed E-state index contributed by atoms with van der Waals surface area (Å²) in [5.74, 6) is 0.522. The van der Waals surface area contributed by atoms with Crippen molar-refractivity contribution in [2.45, 2.75) is 52.7 Å². The molecule has 3 rings (SSSR count). The van der Waals surface area contributed by atoms with Crippen LogP contribution in [0, 0.1) is 13.8 Å². The highest BCUT2D eigenvalue weighted by atomic mass is 16.5. The number of carbonyl (C=O) groups is 3. The average molecular weight is 390 g/mol. The predicted molar refractivity (Wildman–Crippen MR) is 94.8 cm³/mol. The Morgan fingerprint density at radius 2 is 1.93 bits per heavy atom. The molecule has 0 aliphatic carbocycles. The third-order valence-electron chi connectivity index (χ3n) is 4.84. The van der Waals surface area contributed by atoms with Crippen LogP contribution in [0.15, 0.2) is 14.9 Å². The van der Waals surface area contributed by atoms with Gasteiger partial charge in [-0.3, -0.25) is 14.5 Å². The molecule has 1 aliphatic heterocycles. The molecule has 0 atom stereocenters. The van der Waals surface area contributed by atoms with Crippen LogP contribution in [-0.2, 0) is 20.9 Å². The first kappa shape index (κ1) is 19.6. The Morgan fingerprint density at radius 1 is 1.21 bits per heavy atom. The lowest BCUT2D eigenvalue weighted by molar-refractivity contribution is -0.149. The van der Waals surface area contributed by atoms with Gasteiger partial charge in [0.15, 0.2) is 6.61 Å². The zero-order valence-corrected chi connectivity index (χ0v) is 16.2. The van der Waals surface area contributed by atoms with Gasteiger partial charge in [-0.25, -0.2) is 4.79 Å². The smallest absolute Gasteiger partial charge is 0.326 e. The molecule has 150 valence electrons. The molecule has 0 radical (unpaired) electrons. The Morgan fingerprint density at radius 3 is 2.50 bits per heavy atom. The van der Waals surface area contributed by atoms with Crippen LogP contribution >= 0.6 is 0 Å². The Hall–Kier alpha value is -3.17. The number of rotatable bonds is 7. The number of urea groups is 1. The third kappa shape index (κ3) is 3.49. The Kier molecular flexibility index (Phi) is 5.21. The van der Waals surface area contributed by atoms with E-state index in [1.165, 1.54) is 0 Å². The molecule has 2 aromatic rings. The first-order chi connectivity index (χ1) is 13.3. The minimum Gasteiger partial charge on any atom is -0.466 e. The monoisotopic (exact) mass is 390 g/mol. The molecule has 0 bridgehead atoms. The normalized spacial score (nSPS) is 15.8. The fourth-order valence-electron chi connectivity index (χ4n) is 3.13. The lowest BCUT2D eigenvalue weighted by Crippen LogP contribution is -2.46. The molecule has 0 aromatic carbocycles. The predicted octanol–water partition coefficient (Wildman–Crippen LogP) is 2.10. The highest BCUT2D eigenvalue weighted by Crippen LogP contribution is 2.26. The van der Waals surface area contributed by atoms with Gasteiger partial charge in [0.25, 0.3) is 17.7 Å². The molecule has 1 aliphatic rings. The fourth-order valence-corrected chi connectivity index (χ4v) is 3.13. The zero-order valence-electron chi connectivity index (χ0n) is 16.2. The molecule has 10 nitrogen and oxygen atoms in total. The molecule has 0 spiro atoms. The number of carbonyl (C=O) groups excluding carboxylic acids is 3. The van der Waals surface area contributed by atoms with Crippen LogP contribution < -0.4 is 5.32 Å². The zero-order chi connectivity index (χ0) is 20.5. The Bertz CT molecular complexity index is 911. The summed E-state index contributed by atoms with van der Waals surface area (Å²) in [4.78, 5) is 37.5. The van der Waals surface area contributed by atoms with Crippen molar-refractivity contribution < 1.29 is 28.0 Å². The summed E-state index contributed by atoms with van der Waals surface area (Å²) in [7, 11) is 0. The number of aryl methyl sites for hydroxylation is 2. The number of nitrogens with one attached hydrogen (secondary N) is 1. The van der Waals surface area contributed by atoms with Crippen molar-refractivity contribution in [3.8, 4) is 11.5 Å². The van der Waals surface area contributed by atoms with Crippen molar-refractivity contribution in [1.29, 1.82) is 0 Å². The highest BCUT2D eigenvalue weighted by molar-refractivity contribution is 6.08. The van der Waals surface area contributed by atoms with Crippen molar-refractivity contribution in [3.05, 3.63) is 23.5 Å². The van der Waals surface area contributed by atoms with Crippen LogP contribution in [0.4, 0.5) is 4.79 Å². The lowest BCUT2D eigenvalue weighted by Gasteiger charge is -2.22. The summed E-state index contributed by atoms with van der Waals surface area (Å²) in [6.45, 7) is 6.44. The molecule has 0 saturated carbocycles. The van der Waals surface area contributed by atoms with Crippen molar-refractivity contribution in [2.75, 3.05) is 6.54 Å². The van der Waals surface area contributed by atoms with Gasteiger partial charge >= 0.3 is 12.0 Å². The van der Waals surface area contributed by atoms with Gasteiger partial charge in [-0.1, -0.05) is 13.8 Å². The van der Waals surface area contributed by atoms with Gasteiger partial charge in [0.1, 0.15) is 23.6 Å². The minimum absolute atomic E-state index is 0.0928. The van der Waals surface area contributed by atoms with E-state index in [-0.39, 0.29) is 18.4 Å². The van der Waals surface area contributed by atoms with E-state index in [1.54, 1.807) is 33.8 Å². The van der Waals surface area contributed by atoms with E-state index in [1.807, 2.05) is 0 Å². The molecule has 2 aromatic heterocycles. The van der Waals surface area contributed by atoms with E-state index in [0.29, 0.717) is 29.9 Å². The summed E-state index contributed by atoms with van der Waals surface area (Å²) in [5.41, 5.74) is -0.295. The number of amides is 3. The molecule has 0 unspecified atom stereocenters. The van der Waals surface area contributed by atoms with E-state index < -0.39 is 30.0 Å². The van der Waals surface area contributed by atoms with Crippen LogP contribution in [-0.4, -0.2) is 45.1 Å². The average Bonchev–Trinajstić information content (AvgIpc) is 3.32. The highest BCUT2D eigenvalue weighted by Gasteiger charge is 2.49. The maximum absolute atomic E-state index is 12.5. The lowest BCUT2D eigenvalue weighted by atomic mass is 9.93. The maximum Gasteiger partial charge on any atom is 0.326 e. The second-order valence-electron chi connectivity index (χ2n) is 6.60. The molecule has 28 heavy (non-hydrogen) atoms. The van der Waals surface area contributed by atoms with E-state index in [0.717, 1.165) is 4.90 Å². The van der Waals surface area contributed by atoms with Crippen LogP contribution in [0.5, 0.6) is 0 Å². The summed E-state index contributed by atoms with van der Waals surface area (Å²) in [6.07, 6.45) is 0.884. The van der Waals surface area contributed by atoms with Crippen molar-refractivity contribution >= 4 is 17.9 Å². The van der Waals surface area contributed by atoms with Gasteiger partial charge in [0.2, 0.25) is 0 Å². The Balaban J connectivity index is 1.59. The summed E-state index contributed by atoms with van der Waals surface area (Å²) >= 11 is 0. The van der Waals surface area contributed by atoms with Gasteiger partial charge in [-0.05, 0) is 32.8 Å². The quantitative estimate of drug-likeness (QED) is 0.562. The largest absolute Gasteiger partial charge is 0.466 e. The Labute approximate surface area is 161 Å². The number of furan rings is 1. The number of esters is 1. The van der Waals surface area contributed by atoms with Gasteiger partial charge in [0, 0.05) is 0 Å². The van der Waals surface area contributed by atoms with Crippen LogP contribution in [0.25, 0.3) is 11.5 Å². The number of imide groups is 1. The second kappa shape index (κ2) is 7.45. The minimum atomic E-state index is -0.959. The van der Waals surface area contributed by atoms with Gasteiger partial charge in [-0.2, -0.15) is 0 Å². The number of aromatic nitrogens is 2. The molecule has 3 amide bonds. The van der Waals surface area contributed by atoms with Crippen molar-refractivity contribution in [1.82, 2.24) is 20.4 Å². The SMILES string of the molecule is CCC1(CC)NC(=O)N(CC(=O)OCc2nnc(-c3cc(C)oc3C)o2)C1=O. The molecule has 3 heterocycles. The standard InChI is InChI=1S/C18H22N4O6/c1-5-18(6-2)16(24)22(17(25)19-18)8-14(23)26-9-13-20-21-15(28-13)12-7-10(3)27-11(12)4/h7H,5-6,8-9H2,1-4H3,(H,19,25). The third-order valence-corrected chi connectivity index (χ3v) is 4.84. The summed E-state index contributed by atoms with van der Waals surface area (Å²) < 4.78 is 16.0. The molecule has 1 N–H and O–H groups in total. The molecular weight excluding hydrogens is 368 g/mol. The molecular formula is C18H22N4O6.